The van der Waals surface area contributed by atoms with E-state index < -0.39 is 21.2 Å². The number of nitro benzene ring substituents is 2. The van der Waals surface area contributed by atoms with Crippen LogP contribution in [-0.2, 0) is 4.74 Å². The highest BCUT2D eigenvalue weighted by molar-refractivity contribution is 5.63. The predicted molar refractivity (Wildman–Crippen MR) is 62.8 cm³/mol. The van der Waals surface area contributed by atoms with Crippen molar-refractivity contribution in [2.75, 3.05) is 31.2 Å². The summed E-state index contributed by atoms with van der Waals surface area (Å²) in [7, 11) is 0. The fourth-order valence-electron chi connectivity index (χ4n) is 1.83. The fraction of sp³-hybridized carbons (Fsp3) is 0.400. The number of ether oxygens (including phenoxy) is 1. The molecule has 0 bridgehead atoms. The van der Waals surface area contributed by atoms with Gasteiger partial charge in [0.05, 0.1) is 23.1 Å². The van der Waals surface area contributed by atoms with Crippen LogP contribution in [0.2, 0.25) is 0 Å². The van der Waals surface area contributed by atoms with E-state index >= 15 is 0 Å². The molecule has 18 heavy (non-hydrogen) atoms. The van der Waals surface area contributed by atoms with Gasteiger partial charge in [-0.15, -0.1) is 0 Å². The molecule has 1 fully saturated rings. The van der Waals surface area contributed by atoms with Crippen LogP contribution in [-0.4, -0.2) is 36.1 Å². The SMILES string of the molecule is O=[N+]([O-])c1ccc(N2CCOCC2)cc1[N+](=O)[O-]. The summed E-state index contributed by atoms with van der Waals surface area (Å²) in [6, 6.07) is 3.93. The molecular weight excluding hydrogens is 242 g/mol. The van der Waals surface area contributed by atoms with Crippen molar-refractivity contribution in [3.8, 4) is 0 Å². The van der Waals surface area contributed by atoms with Crippen molar-refractivity contribution in [2.24, 2.45) is 0 Å². The number of nitro groups is 2. The Labute approximate surface area is 102 Å². The van der Waals surface area contributed by atoms with Crippen molar-refractivity contribution in [1.82, 2.24) is 0 Å². The number of morpholine rings is 1. The van der Waals surface area contributed by atoms with Crippen LogP contribution >= 0.6 is 0 Å². The first-order valence-corrected chi connectivity index (χ1v) is 5.35. The molecule has 8 nitrogen and oxygen atoms in total. The Kier molecular flexibility index (Phi) is 3.38. The average molecular weight is 253 g/mol. The van der Waals surface area contributed by atoms with Crippen LogP contribution in [0.5, 0.6) is 0 Å². The summed E-state index contributed by atoms with van der Waals surface area (Å²) in [6.45, 7) is 2.33. The van der Waals surface area contributed by atoms with Crippen LogP contribution in [0.4, 0.5) is 17.1 Å². The van der Waals surface area contributed by atoms with Gasteiger partial charge in [0.1, 0.15) is 0 Å². The zero-order valence-electron chi connectivity index (χ0n) is 9.44. The quantitative estimate of drug-likeness (QED) is 0.595. The minimum Gasteiger partial charge on any atom is -0.378 e. The third-order valence-electron chi connectivity index (χ3n) is 2.73. The lowest BCUT2D eigenvalue weighted by Gasteiger charge is -2.28. The Morgan fingerprint density at radius 1 is 1.06 bits per heavy atom. The molecule has 0 amide bonds. The number of hydrogen-bond donors (Lipinski definition) is 0. The van der Waals surface area contributed by atoms with Gasteiger partial charge < -0.3 is 9.64 Å². The van der Waals surface area contributed by atoms with E-state index in [4.69, 9.17) is 4.74 Å². The molecule has 0 unspecified atom stereocenters. The molecule has 1 aromatic carbocycles. The fourth-order valence-corrected chi connectivity index (χ4v) is 1.83. The molecule has 0 spiro atoms. The first-order chi connectivity index (χ1) is 8.59. The number of hydrogen-bond acceptors (Lipinski definition) is 6. The number of anilines is 1. The van der Waals surface area contributed by atoms with Crippen LogP contribution < -0.4 is 4.90 Å². The molecule has 0 aromatic heterocycles. The van der Waals surface area contributed by atoms with Gasteiger partial charge in [0.15, 0.2) is 0 Å². The summed E-state index contributed by atoms with van der Waals surface area (Å²) in [5.74, 6) is 0. The molecule has 1 saturated heterocycles. The lowest BCUT2D eigenvalue weighted by atomic mass is 10.2. The zero-order valence-corrected chi connectivity index (χ0v) is 9.44. The smallest absolute Gasteiger partial charge is 0.348 e. The van der Waals surface area contributed by atoms with Gasteiger partial charge in [-0.05, 0) is 6.07 Å². The summed E-state index contributed by atoms with van der Waals surface area (Å²) < 4.78 is 5.18. The molecule has 1 heterocycles. The molecule has 0 radical (unpaired) electrons. The normalized spacial score (nSPS) is 15.4. The summed E-state index contributed by atoms with van der Waals surface area (Å²) in [4.78, 5) is 21.9. The van der Waals surface area contributed by atoms with E-state index in [2.05, 4.69) is 0 Å². The van der Waals surface area contributed by atoms with Gasteiger partial charge >= 0.3 is 11.4 Å². The van der Waals surface area contributed by atoms with Gasteiger partial charge in [-0.2, -0.15) is 0 Å². The molecule has 0 N–H and O–H groups in total. The third-order valence-corrected chi connectivity index (χ3v) is 2.73. The van der Waals surface area contributed by atoms with Crippen LogP contribution in [0, 0.1) is 20.2 Å². The molecule has 2 rings (SSSR count). The highest BCUT2D eigenvalue weighted by Gasteiger charge is 2.25. The Bertz CT molecular complexity index is 484. The van der Waals surface area contributed by atoms with Crippen molar-refractivity contribution in [2.45, 2.75) is 0 Å². The standard InChI is InChI=1S/C10H11N3O5/c14-12(15)9-2-1-8(7-10(9)13(16)17)11-3-5-18-6-4-11/h1-2,7H,3-6H2. The summed E-state index contributed by atoms with van der Waals surface area (Å²) in [5, 5.41) is 21.5. The second-order valence-corrected chi connectivity index (χ2v) is 3.79. The van der Waals surface area contributed by atoms with E-state index in [9.17, 15) is 20.2 Å². The van der Waals surface area contributed by atoms with Gasteiger partial charge in [0.2, 0.25) is 0 Å². The Hall–Kier alpha value is -2.22. The van der Waals surface area contributed by atoms with Crippen LogP contribution in [0.15, 0.2) is 18.2 Å². The molecule has 0 saturated carbocycles. The number of rotatable bonds is 3. The second kappa shape index (κ2) is 4.96. The van der Waals surface area contributed by atoms with Crippen molar-refractivity contribution < 1.29 is 14.6 Å². The zero-order chi connectivity index (χ0) is 13.1. The monoisotopic (exact) mass is 253 g/mol. The molecular formula is C10H11N3O5. The van der Waals surface area contributed by atoms with Crippen LogP contribution in [0.25, 0.3) is 0 Å². The molecule has 1 aliphatic heterocycles. The van der Waals surface area contributed by atoms with Crippen molar-refractivity contribution in [1.29, 1.82) is 0 Å². The summed E-state index contributed by atoms with van der Waals surface area (Å²) in [5.41, 5.74) is -0.364. The van der Waals surface area contributed by atoms with E-state index in [1.165, 1.54) is 18.2 Å². The first-order valence-electron chi connectivity index (χ1n) is 5.35. The summed E-state index contributed by atoms with van der Waals surface area (Å²) in [6.07, 6.45) is 0. The lowest BCUT2D eigenvalue weighted by Crippen LogP contribution is -2.36. The Morgan fingerprint density at radius 2 is 1.67 bits per heavy atom. The van der Waals surface area contributed by atoms with Crippen LogP contribution in [0.3, 0.4) is 0 Å². The lowest BCUT2D eigenvalue weighted by molar-refractivity contribution is -0.422. The van der Waals surface area contributed by atoms with Crippen molar-refractivity contribution >= 4 is 17.1 Å². The van der Waals surface area contributed by atoms with E-state index in [1.807, 2.05) is 4.90 Å². The third kappa shape index (κ3) is 2.38. The Morgan fingerprint density at radius 3 is 2.22 bits per heavy atom. The number of nitrogens with zero attached hydrogens (tertiary/aromatic N) is 3. The average Bonchev–Trinajstić information content (AvgIpc) is 2.39. The largest absolute Gasteiger partial charge is 0.378 e. The van der Waals surface area contributed by atoms with E-state index in [-0.39, 0.29) is 0 Å². The predicted octanol–water partition coefficient (Wildman–Crippen LogP) is 1.34. The minimum atomic E-state index is -0.749. The van der Waals surface area contributed by atoms with E-state index in [0.29, 0.717) is 32.0 Å². The second-order valence-electron chi connectivity index (χ2n) is 3.79. The van der Waals surface area contributed by atoms with Gasteiger partial charge in [-0.3, -0.25) is 20.2 Å². The molecule has 1 aliphatic rings. The number of benzene rings is 1. The van der Waals surface area contributed by atoms with Crippen LogP contribution in [0.1, 0.15) is 0 Å². The molecule has 1 aromatic rings. The van der Waals surface area contributed by atoms with Gasteiger partial charge in [0, 0.05) is 30.9 Å². The van der Waals surface area contributed by atoms with E-state index in [0.717, 1.165) is 0 Å². The molecule has 0 atom stereocenters. The first kappa shape index (κ1) is 12.2. The maximum Gasteiger partial charge on any atom is 0.348 e. The molecule has 96 valence electrons. The highest BCUT2D eigenvalue weighted by atomic mass is 16.6. The summed E-state index contributed by atoms with van der Waals surface area (Å²) >= 11 is 0. The van der Waals surface area contributed by atoms with Crippen molar-refractivity contribution in [3.63, 3.8) is 0 Å². The van der Waals surface area contributed by atoms with Gasteiger partial charge in [0.25, 0.3) is 0 Å². The minimum absolute atomic E-state index is 0.482. The van der Waals surface area contributed by atoms with Crippen molar-refractivity contribution in [3.05, 3.63) is 38.4 Å². The maximum atomic E-state index is 10.8. The topological polar surface area (TPSA) is 98.8 Å². The highest BCUT2D eigenvalue weighted by Crippen LogP contribution is 2.31. The Balaban J connectivity index is 2.36. The van der Waals surface area contributed by atoms with Gasteiger partial charge in [-0.25, -0.2) is 0 Å². The van der Waals surface area contributed by atoms with Gasteiger partial charge in [-0.1, -0.05) is 0 Å². The molecule has 8 heteroatoms. The maximum absolute atomic E-state index is 10.8. The molecule has 0 aliphatic carbocycles. The van der Waals surface area contributed by atoms with E-state index in [1.54, 1.807) is 0 Å².